The highest BCUT2D eigenvalue weighted by atomic mass is 32.1. The van der Waals surface area contributed by atoms with Crippen LogP contribution in [0.25, 0.3) is 11.4 Å². The molecule has 1 aromatic heterocycles. The first-order chi connectivity index (χ1) is 7.22. The highest BCUT2D eigenvalue weighted by Gasteiger charge is 2.10. The third-order valence-corrected chi connectivity index (χ3v) is 2.46. The molecule has 3 nitrogen and oxygen atoms in total. The van der Waals surface area contributed by atoms with Gasteiger partial charge in [0.1, 0.15) is 5.82 Å². The molecule has 0 aliphatic heterocycles. The molecule has 0 spiro atoms. The molecule has 1 aromatic carbocycles. The van der Waals surface area contributed by atoms with Gasteiger partial charge in [-0.25, -0.2) is 4.39 Å². The molecular weight excluding hydrogens is 213 g/mol. The highest BCUT2D eigenvalue weighted by molar-refractivity contribution is 7.80. The quantitative estimate of drug-likeness (QED) is 0.792. The Labute approximate surface area is 92.4 Å². The fraction of sp³-hybridized carbons (Fsp3) is 0.200. The molecule has 2 aromatic rings. The van der Waals surface area contributed by atoms with Crippen molar-refractivity contribution in [1.29, 1.82) is 0 Å². The summed E-state index contributed by atoms with van der Waals surface area (Å²) in [6, 6.07) is 6.28. The molecular formula is C10H10FN3S. The van der Waals surface area contributed by atoms with E-state index in [0.29, 0.717) is 23.1 Å². The average molecular weight is 223 g/mol. The number of hydrogen-bond donors (Lipinski definition) is 1. The first-order valence-corrected chi connectivity index (χ1v) is 5.05. The third kappa shape index (κ3) is 1.87. The molecule has 0 unspecified atom stereocenters. The monoisotopic (exact) mass is 223 g/mol. The lowest BCUT2D eigenvalue weighted by Gasteiger charge is -2.04. The van der Waals surface area contributed by atoms with Crippen molar-refractivity contribution >= 4 is 12.6 Å². The van der Waals surface area contributed by atoms with Crippen molar-refractivity contribution in [1.82, 2.24) is 14.8 Å². The molecule has 0 bridgehead atoms. The predicted octanol–water partition coefficient (Wildman–Crippen LogP) is 2.39. The van der Waals surface area contributed by atoms with E-state index in [0.717, 1.165) is 0 Å². The molecule has 0 saturated carbocycles. The largest absolute Gasteiger partial charge is 0.303 e. The van der Waals surface area contributed by atoms with Gasteiger partial charge in [0.2, 0.25) is 0 Å². The van der Waals surface area contributed by atoms with Crippen LogP contribution in [0.15, 0.2) is 29.4 Å². The van der Waals surface area contributed by atoms with Crippen molar-refractivity contribution in [2.24, 2.45) is 0 Å². The second-order valence-corrected chi connectivity index (χ2v) is 3.48. The molecule has 0 saturated heterocycles. The van der Waals surface area contributed by atoms with E-state index in [1.165, 1.54) is 12.1 Å². The minimum Gasteiger partial charge on any atom is -0.303 e. The van der Waals surface area contributed by atoms with E-state index in [-0.39, 0.29) is 5.82 Å². The Balaban J connectivity index is 2.54. The molecule has 1 heterocycles. The summed E-state index contributed by atoms with van der Waals surface area (Å²) >= 11 is 4.17. The van der Waals surface area contributed by atoms with Crippen LogP contribution in [0, 0.1) is 5.82 Å². The maximum atomic E-state index is 13.0. The lowest BCUT2D eigenvalue weighted by Crippen LogP contribution is -1.98. The number of nitrogens with zero attached hydrogens (tertiary/aromatic N) is 3. The normalized spacial score (nSPS) is 10.6. The lowest BCUT2D eigenvalue weighted by molar-refractivity contribution is 0.627. The van der Waals surface area contributed by atoms with Crippen LogP contribution in [0.4, 0.5) is 4.39 Å². The van der Waals surface area contributed by atoms with Crippen LogP contribution in [0.2, 0.25) is 0 Å². The van der Waals surface area contributed by atoms with E-state index < -0.39 is 0 Å². The van der Waals surface area contributed by atoms with Crippen molar-refractivity contribution in [3.05, 3.63) is 30.1 Å². The zero-order chi connectivity index (χ0) is 10.8. The zero-order valence-corrected chi connectivity index (χ0v) is 9.08. The third-order valence-electron chi connectivity index (χ3n) is 2.13. The Morgan fingerprint density at radius 1 is 1.40 bits per heavy atom. The first-order valence-electron chi connectivity index (χ1n) is 4.60. The fourth-order valence-electron chi connectivity index (χ4n) is 1.43. The molecule has 0 N–H and O–H groups in total. The molecule has 15 heavy (non-hydrogen) atoms. The maximum Gasteiger partial charge on any atom is 0.188 e. The van der Waals surface area contributed by atoms with E-state index in [2.05, 4.69) is 22.8 Å². The van der Waals surface area contributed by atoms with Crippen LogP contribution in [0.5, 0.6) is 0 Å². The van der Waals surface area contributed by atoms with E-state index in [1.54, 1.807) is 12.1 Å². The second kappa shape index (κ2) is 4.02. The Hall–Kier alpha value is -1.36. The number of benzene rings is 1. The van der Waals surface area contributed by atoms with Crippen molar-refractivity contribution in [2.45, 2.75) is 18.6 Å². The molecule has 5 heteroatoms. The zero-order valence-electron chi connectivity index (χ0n) is 8.18. The van der Waals surface area contributed by atoms with Crippen molar-refractivity contribution in [3.8, 4) is 11.4 Å². The molecule has 78 valence electrons. The van der Waals surface area contributed by atoms with Gasteiger partial charge in [-0.15, -0.1) is 22.8 Å². The summed E-state index contributed by atoms with van der Waals surface area (Å²) in [5, 5.41) is 8.35. The van der Waals surface area contributed by atoms with Crippen molar-refractivity contribution < 1.29 is 4.39 Å². The number of halogens is 1. The summed E-state index contributed by atoms with van der Waals surface area (Å²) in [6.07, 6.45) is 0. The number of hydrogen-bond acceptors (Lipinski definition) is 3. The minimum atomic E-state index is -0.279. The van der Waals surface area contributed by atoms with E-state index in [9.17, 15) is 4.39 Å². The van der Waals surface area contributed by atoms with Gasteiger partial charge in [-0.3, -0.25) is 0 Å². The maximum absolute atomic E-state index is 13.0. The Morgan fingerprint density at radius 3 is 2.87 bits per heavy atom. The van der Waals surface area contributed by atoms with Gasteiger partial charge in [0.25, 0.3) is 0 Å². The van der Waals surface area contributed by atoms with E-state index in [4.69, 9.17) is 0 Å². The van der Waals surface area contributed by atoms with Crippen LogP contribution in [0.3, 0.4) is 0 Å². The Morgan fingerprint density at radius 2 is 2.20 bits per heavy atom. The summed E-state index contributed by atoms with van der Waals surface area (Å²) in [6.45, 7) is 2.67. The first kappa shape index (κ1) is 10.2. The van der Waals surface area contributed by atoms with Gasteiger partial charge in [-0.2, -0.15) is 0 Å². The molecule has 0 amide bonds. The highest BCUT2D eigenvalue weighted by Crippen LogP contribution is 2.20. The Kier molecular flexibility index (Phi) is 2.73. The topological polar surface area (TPSA) is 30.7 Å². The standard InChI is InChI=1S/C10H10FN3S/c1-2-14-9(12-13-10(14)15)7-4-3-5-8(11)6-7/h3-6H,2H2,1H3,(H,13,15). The molecule has 2 rings (SSSR count). The van der Waals surface area contributed by atoms with Gasteiger partial charge >= 0.3 is 0 Å². The van der Waals surface area contributed by atoms with Gasteiger partial charge in [-0.1, -0.05) is 12.1 Å². The summed E-state index contributed by atoms with van der Waals surface area (Å²) in [4.78, 5) is 0. The van der Waals surface area contributed by atoms with Gasteiger partial charge in [0.15, 0.2) is 11.0 Å². The van der Waals surface area contributed by atoms with Crippen molar-refractivity contribution in [3.63, 3.8) is 0 Å². The summed E-state index contributed by atoms with van der Waals surface area (Å²) in [7, 11) is 0. The van der Waals surface area contributed by atoms with Gasteiger partial charge in [-0.05, 0) is 19.1 Å². The molecule has 0 fully saturated rings. The van der Waals surface area contributed by atoms with Crippen LogP contribution in [0.1, 0.15) is 6.92 Å². The van der Waals surface area contributed by atoms with Crippen LogP contribution in [-0.4, -0.2) is 14.8 Å². The second-order valence-electron chi connectivity index (χ2n) is 3.08. The molecule has 0 atom stereocenters. The summed E-state index contributed by atoms with van der Waals surface area (Å²) in [5.74, 6) is 0.362. The van der Waals surface area contributed by atoms with E-state index in [1.807, 2.05) is 11.5 Å². The molecule has 0 aliphatic carbocycles. The average Bonchev–Trinajstić information content (AvgIpc) is 2.59. The molecule has 0 radical (unpaired) electrons. The summed E-state index contributed by atoms with van der Waals surface area (Å²) in [5.41, 5.74) is 0.713. The van der Waals surface area contributed by atoms with Crippen LogP contribution in [-0.2, 0) is 6.54 Å². The van der Waals surface area contributed by atoms with Gasteiger partial charge < -0.3 is 4.57 Å². The van der Waals surface area contributed by atoms with Crippen LogP contribution >= 0.6 is 12.6 Å². The van der Waals surface area contributed by atoms with Crippen molar-refractivity contribution in [2.75, 3.05) is 0 Å². The van der Waals surface area contributed by atoms with Gasteiger partial charge in [0, 0.05) is 12.1 Å². The Bertz CT molecular complexity index is 481. The molecule has 0 aliphatic rings. The van der Waals surface area contributed by atoms with Gasteiger partial charge in [0.05, 0.1) is 0 Å². The van der Waals surface area contributed by atoms with Crippen LogP contribution < -0.4 is 0 Å². The number of rotatable bonds is 2. The lowest BCUT2D eigenvalue weighted by atomic mass is 10.2. The smallest absolute Gasteiger partial charge is 0.188 e. The SMILES string of the molecule is CCn1c(S)nnc1-c1cccc(F)c1. The fourth-order valence-corrected chi connectivity index (χ4v) is 1.71. The predicted molar refractivity (Wildman–Crippen MR) is 58.3 cm³/mol. The minimum absolute atomic E-state index is 0.279. The summed E-state index contributed by atoms with van der Waals surface area (Å²) < 4.78 is 14.8. The number of thiol groups is 1. The van der Waals surface area contributed by atoms with E-state index >= 15 is 0 Å². The number of aromatic nitrogens is 3.